The molecule has 174 valence electrons. The molecule has 1 aliphatic rings. The number of nitrogens with one attached hydrogen (secondary N) is 1. The van der Waals surface area contributed by atoms with Crippen LogP contribution >= 0.6 is 0 Å². The van der Waals surface area contributed by atoms with Crippen molar-refractivity contribution in [2.45, 2.75) is 32.7 Å². The second kappa shape index (κ2) is 11.9. The maximum atomic E-state index is 13.9. The van der Waals surface area contributed by atoms with Gasteiger partial charge in [-0.1, -0.05) is 13.8 Å². The fourth-order valence-electron chi connectivity index (χ4n) is 2.99. The molecule has 0 aliphatic carbocycles. The van der Waals surface area contributed by atoms with E-state index in [0.29, 0.717) is 19.4 Å². The zero-order chi connectivity index (χ0) is 23.7. The lowest BCUT2D eigenvalue weighted by Crippen LogP contribution is -2.43. The number of amides is 2. The Bertz CT molecular complexity index is 915. The van der Waals surface area contributed by atoms with Gasteiger partial charge in [-0.3, -0.25) is 9.59 Å². The molecule has 1 aliphatic heterocycles. The largest absolute Gasteiger partial charge is 0.456 e. The summed E-state index contributed by atoms with van der Waals surface area (Å²) < 4.78 is 32.6. The van der Waals surface area contributed by atoms with Crippen LogP contribution in [0.2, 0.25) is 0 Å². The van der Waals surface area contributed by atoms with Crippen LogP contribution in [0.3, 0.4) is 0 Å². The molecule has 2 rings (SSSR count). The van der Waals surface area contributed by atoms with E-state index in [9.17, 15) is 18.4 Å². The molecule has 0 radical (unpaired) electrons. The molecular weight excluding hydrogens is 422 g/mol. The SMILES string of the molecule is CC(C)CC(C(=O)N=C(N)/C=C\NCCCO)N1CC(Oc2cc(F)ccc2F)=CC1=O. The monoisotopic (exact) mass is 450 g/mol. The van der Waals surface area contributed by atoms with Gasteiger partial charge in [0.1, 0.15) is 23.5 Å². The van der Waals surface area contributed by atoms with Gasteiger partial charge in [-0.15, -0.1) is 0 Å². The fraction of sp³-hybridized carbons (Fsp3) is 0.409. The highest BCUT2D eigenvalue weighted by Crippen LogP contribution is 2.25. The van der Waals surface area contributed by atoms with E-state index in [2.05, 4.69) is 10.3 Å². The average Bonchev–Trinajstić information content (AvgIpc) is 3.08. The van der Waals surface area contributed by atoms with Crippen LogP contribution in [-0.2, 0) is 9.59 Å². The van der Waals surface area contributed by atoms with Crippen molar-refractivity contribution in [3.05, 3.63) is 53.9 Å². The van der Waals surface area contributed by atoms with Gasteiger partial charge in [0.15, 0.2) is 11.6 Å². The third kappa shape index (κ3) is 7.45. The maximum absolute atomic E-state index is 13.9. The van der Waals surface area contributed by atoms with Gasteiger partial charge < -0.3 is 25.8 Å². The molecule has 32 heavy (non-hydrogen) atoms. The maximum Gasteiger partial charge on any atom is 0.270 e. The molecule has 0 saturated heterocycles. The van der Waals surface area contributed by atoms with Crippen LogP contribution in [-0.4, -0.2) is 53.4 Å². The Kier molecular flexibility index (Phi) is 9.33. The standard InChI is InChI=1S/C22H28F2N4O4/c1-14(2)10-18(22(31)27-20(25)6-8-26-7-3-9-29)28-13-16(12-21(28)30)32-19-11-15(23)4-5-17(19)24/h4-6,8,11-12,14,18,26,29H,3,7,9-10,13H2,1-2H3,(H2,25,27,31)/b8-6-. The number of carbonyl (C=O) groups is 2. The Labute approximate surface area is 185 Å². The number of nitrogens with zero attached hydrogens (tertiary/aromatic N) is 2. The minimum atomic E-state index is -0.897. The quantitative estimate of drug-likeness (QED) is 0.269. The summed E-state index contributed by atoms with van der Waals surface area (Å²) in [4.78, 5) is 30.5. The number of halogens is 2. The molecule has 0 bridgehead atoms. The van der Waals surface area contributed by atoms with Gasteiger partial charge in [0.2, 0.25) is 0 Å². The van der Waals surface area contributed by atoms with E-state index in [0.717, 1.165) is 24.3 Å². The van der Waals surface area contributed by atoms with Gasteiger partial charge in [-0.25, -0.2) is 8.78 Å². The summed E-state index contributed by atoms with van der Waals surface area (Å²) in [5.41, 5.74) is 5.79. The highest BCUT2D eigenvalue weighted by molar-refractivity contribution is 6.03. The normalized spacial score (nSPS) is 15.4. The highest BCUT2D eigenvalue weighted by atomic mass is 19.1. The number of amidine groups is 1. The van der Waals surface area contributed by atoms with Gasteiger partial charge in [0.25, 0.3) is 11.8 Å². The number of nitrogens with two attached hydrogens (primary N) is 1. The smallest absolute Gasteiger partial charge is 0.270 e. The Morgan fingerprint density at radius 1 is 1.41 bits per heavy atom. The van der Waals surface area contributed by atoms with Crippen molar-refractivity contribution in [3.63, 3.8) is 0 Å². The van der Waals surface area contributed by atoms with E-state index in [1.807, 2.05) is 13.8 Å². The Morgan fingerprint density at radius 2 is 2.16 bits per heavy atom. The van der Waals surface area contributed by atoms with Crippen molar-refractivity contribution < 1.29 is 28.2 Å². The van der Waals surface area contributed by atoms with Crippen molar-refractivity contribution in [3.8, 4) is 5.75 Å². The molecule has 1 heterocycles. The molecule has 1 atom stereocenters. The molecule has 8 nitrogen and oxygen atoms in total. The number of benzene rings is 1. The summed E-state index contributed by atoms with van der Waals surface area (Å²) in [5.74, 6) is -2.79. The van der Waals surface area contributed by atoms with Gasteiger partial charge in [-0.2, -0.15) is 4.99 Å². The Balaban J connectivity index is 2.10. The number of aliphatic hydroxyl groups is 1. The lowest BCUT2D eigenvalue weighted by Gasteiger charge is -2.26. The number of rotatable bonds is 11. The van der Waals surface area contributed by atoms with E-state index in [-0.39, 0.29) is 36.4 Å². The molecular formula is C22H28F2N4O4. The topological polar surface area (TPSA) is 117 Å². The molecule has 0 saturated carbocycles. The zero-order valence-electron chi connectivity index (χ0n) is 18.1. The van der Waals surface area contributed by atoms with E-state index < -0.39 is 29.5 Å². The molecule has 1 aromatic rings. The number of carbonyl (C=O) groups excluding carboxylic acids is 2. The molecule has 4 N–H and O–H groups in total. The Morgan fingerprint density at radius 3 is 2.84 bits per heavy atom. The van der Waals surface area contributed by atoms with Gasteiger partial charge in [0.05, 0.1) is 6.54 Å². The van der Waals surface area contributed by atoms with Crippen molar-refractivity contribution in [2.24, 2.45) is 16.6 Å². The predicted octanol–water partition coefficient (Wildman–Crippen LogP) is 1.85. The summed E-state index contributed by atoms with van der Waals surface area (Å²) in [6.45, 7) is 4.28. The molecule has 0 spiro atoms. The fourth-order valence-corrected chi connectivity index (χ4v) is 2.99. The van der Waals surface area contributed by atoms with E-state index in [4.69, 9.17) is 15.6 Å². The summed E-state index contributed by atoms with van der Waals surface area (Å²) in [6, 6.07) is 1.87. The lowest BCUT2D eigenvalue weighted by atomic mass is 10.0. The highest BCUT2D eigenvalue weighted by Gasteiger charge is 2.35. The van der Waals surface area contributed by atoms with Crippen LogP contribution in [0.5, 0.6) is 5.75 Å². The lowest BCUT2D eigenvalue weighted by molar-refractivity contribution is -0.134. The predicted molar refractivity (Wildman–Crippen MR) is 115 cm³/mol. The van der Waals surface area contributed by atoms with Crippen LogP contribution in [0, 0.1) is 17.6 Å². The minimum absolute atomic E-state index is 0.0434. The summed E-state index contributed by atoms with van der Waals surface area (Å²) in [5, 5.41) is 11.6. The summed E-state index contributed by atoms with van der Waals surface area (Å²) >= 11 is 0. The Hall–Kier alpha value is -3.27. The second-order valence-corrected chi connectivity index (χ2v) is 7.64. The van der Waals surface area contributed by atoms with E-state index >= 15 is 0 Å². The van der Waals surface area contributed by atoms with Crippen LogP contribution in [0.1, 0.15) is 26.7 Å². The first-order valence-corrected chi connectivity index (χ1v) is 10.2. The summed E-state index contributed by atoms with van der Waals surface area (Å²) in [6.07, 6.45) is 4.96. The van der Waals surface area contributed by atoms with Crippen LogP contribution in [0.4, 0.5) is 8.78 Å². The van der Waals surface area contributed by atoms with Crippen LogP contribution in [0.15, 0.2) is 47.3 Å². The van der Waals surface area contributed by atoms with Crippen molar-refractivity contribution in [1.29, 1.82) is 0 Å². The number of ether oxygens (including phenoxy) is 1. The van der Waals surface area contributed by atoms with Crippen LogP contribution < -0.4 is 15.8 Å². The van der Waals surface area contributed by atoms with Crippen molar-refractivity contribution in [2.75, 3.05) is 19.7 Å². The molecule has 10 heteroatoms. The van der Waals surface area contributed by atoms with Gasteiger partial charge >= 0.3 is 0 Å². The van der Waals surface area contributed by atoms with Crippen molar-refractivity contribution in [1.82, 2.24) is 10.2 Å². The van der Waals surface area contributed by atoms with Crippen molar-refractivity contribution >= 4 is 17.6 Å². The number of hydrogen-bond acceptors (Lipinski definition) is 5. The number of aliphatic hydroxyl groups excluding tert-OH is 1. The number of aliphatic imine (C=N–C) groups is 1. The van der Waals surface area contributed by atoms with Crippen LogP contribution in [0.25, 0.3) is 0 Å². The first kappa shape index (κ1) is 25.0. The molecule has 1 unspecified atom stereocenters. The summed E-state index contributed by atoms with van der Waals surface area (Å²) in [7, 11) is 0. The third-order valence-corrected chi connectivity index (χ3v) is 4.47. The van der Waals surface area contributed by atoms with E-state index in [1.165, 1.54) is 17.2 Å². The zero-order valence-corrected chi connectivity index (χ0v) is 18.1. The first-order chi connectivity index (χ1) is 15.2. The minimum Gasteiger partial charge on any atom is -0.456 e. The molecule has 0 fully saturated rings. The molecule has 2 amide bonds. The molecule has 1 aromatic carbocycles. The van der Waals surface area contributed by atoms with Gasteiger partial charge in [-0.05, 0) is 37.0 Å². The average molecular weight is 450 g/mol. The first-order valence-electron chi connectivity index (χ1n) is 10.2. The second-order valence-electron chi connectivity index (χ2n) is 7.64. The molecule has 0 aromatic heterocycles. The van der Waals surface area contributed by atoms with Gasteiger partial charge in [0, 0.05) is 31.5 Å². The number of hydrogen-bond donors (Lipinski definition) is 3. The van der Waals surface area contributed by atoms with E-state index in [1.54, 1.807) is 0 Å². The third-order valence-electron chi connectivity index (χ3n) is 4.47.